The van der Waals surface area contributed by atoms with Gasteiger partial charge in [0.05, 0.1) is 0 Å². The minimum absolute atomic E-state index is 0.0277. The van der Waals surface area contributed by atoms with E-state index in [1.807, 2.05) is 6.07 Å². The van der Waals surface area contributed by atoms with E-state index in [2.05, 4.69) is 10.9 Å². The SMILES string of the molecule is C#C[C@H]1C[C@H]1C(=O)c1ccccn1. The van der Waals surface area contributed by atoms with Crippen LogP contribution in [-0.2, 0) is 0 Å². The fourth-order valence-electron chi connectivity index (χ4n) is 1.37. The van der Waals surface area contributed by atoms with Crippen LogP contribution in [0.4, 0.5) is 0 Å². The van der Waals surface area contributed by atoms with Gasteiger partial charge in [0.15, 0.2) is 5.78 Å². The molecule has 1 aliphatic rings. The number of pyridine rings is 1. The van der Waals surface area contributed by atoms with E-state index in [9.17, 15) is 4.79 Å². The standard InChI is InChI=1S/C11H9NO/c1-2-8-7-9(8)11(13)10-5-3-4-6-12-10/h1,3-6,8-9H,7H2/t8-,9+/m0/s1. The summed E-state index contributed by atoms with van der Waals surface area (Å²) in [6.45, 7) is 0. The van der Waals surface area contributed by atoms with Crippen molar-refractivity contribution in [2.75, 3.05) is 0 Å². The molecule has 1 aromatic rings. The van der Waals surface area contributed by atoms with Crippen molar-refractivity contribution in [3.05, 3.63) is 30.1 Å². The molecule has 0 aliphatic heterocycles. The third-order valence-corrected chi connectivity index (χ3v) is 2.26. The third kappa shape index (κ3) is 1.46. The van der Waals surface area contributed by atoms with E-state index in [0.29, 0.717) is 5.69 Å². The van der Waals surface area contributed by atoms with Crippen LogP contribution in [0, 0.1) is 24.2 Å². The molecule has 0 unspecified atom stereocenters. The molecule has 0 spiro atoms. The molecule has 1 aromatic heterocycles. The Balaban J connectivity index is 2.13. The molecule has 0 radical (unpaired) electrons. The summed E-state index contributed by atoms with van der Waals surface area (Å²) in [7, 11) is 0. The average molecular weight is 171 g/mol. The predicted molar refractivity (Wildman–Crippen MR) is 49.0 cm³/mol. The lowest BCUT2D eigenvalue weighted by molar-refractivity contribution is 0.0959. The summed E-state index contributed by atoms with van der Waals surface area (Å²) in [5.74, 6) is 2.85. The molecule has 1 fully saturated rings. The molecule has 2 heteroatoms. The molecule has 2 rings (SSSR count). The Morgan fingerprint density at radius 2 is 2.46 bits per heavy atom. The number of hydrogen-bond acceptors (Lipinski definition) is 2. The van der Waals surface area contributed by atoms with Crippen LogP contribution in [0.3, 0.4) is 0 Å². The van der Waals surface area contributed by atoms with Gasteiger partial charge >= 0.3 is 0 Å². The van der Waals surface area contributed by atoms with E-state index >= 15 is 0 Å². The lowest BCUT2D eigenvalue weighted by Crippen LogP contribution is -2.04. The zero-order valence-electron chi connectivity index (χ0n) is 7.10. The molecule has 1 heterocycles. The molecule has 13 heavy (non-hydrogen) atoms. The van der Waals surface area contributed by atoms with Gasteiger partial charge in [-0.2, -0.15) is 0 Å². The van der Waals surface area contributed by atoms with Gasteiger partial charge in [0.2, 0.25) is 0 Å². The lowest BCUT2D eigenvalue weighted by Gasteiger charge is -1.95. The quantitative estimate of drug-likeness (QED) is 0.499. The number of rotatable bonds is 2. The van der Waals surface area contributed by atoms with Gasteiger partial charge in [0, 0.05) is 18.0 Å². The van der Waals surface area contributed by atoms with Crippen LogP contribution in [0.1, 0.15) is 16.9 Å². The van der Waals surface area contributed by atoms with Crippen molar-refractivity contribution in [2.24, 2.45) is 11.8 Å². The van der Waals surface area contributed by atoms with Crippen LogP contribution in [0.2, 0.25) is 0 Å². The molecule has 0 aromatic carbocycles. The molecule has 0 saturated heterocycles. The lowest BCUT2D eigenvalue weighted by atomic mass is 10.1. The van der Waals surface area contributed by atoms with Gasteiger partial charge in [-0.05, 0) is 18.6 Å². The van der Waals surface area contributed by atoms with Crippen molar-refractivity contribution in [1.29, 1.82) is 0 Å². The second-order valence-electron chi connectivity index (χ2n) is 3.19. The van der Waals surface area contributed by atoms with Crippen LogP contribution in [0.15, 0.2) is 24.4 Å². The molecule has 64 valence electrons. The van der Waals surface area contributed by atoms with E-state index in [0.717, 1.165) is 6.42 Å². The zero-order chi connectivity index (χ0) is 9.26. The zero-order valence-corrected chi connectivity index (χ0v) is 7.10. The summed E-state index contributed by atoms with van der Waals surface area (Å²) >= 11 is 0. The maximum absolute atomic E-state index is 11.6. The fraction of sp³-hybridized carbons (Fsp3) is 0.273. The minimum Gasteiger partial charge on any atom is -0.292 e. The van der Waals surface area contributed by atoms with Gasteiger partial charge in [-0.3, -0.25) is 9.78 Å². The number of ketones is 1. The predicted octanol–water partition coefficient (Wildman–Crippen LogP) is 1.53. The van der Waals surface area contributed by atoms with Gasteiger partial charge in [-0.1, -0.05) is 6.07 Å². The van der Waals surface area contributed by atoms with Gasteiger partial charge in [-0.25, -0.2) is 0 Å². The van der Waals surface area contributed by atoms with Gasteiger partial charge < -0.3 is 0 Å². The number of carbonyl (C=O) groups is 1. The summed E-state index contributed by atoms with van der Waals surface area (Å²) in [6.07, 6.45) is 7.67. The first-order valence-electron chi connectivity index (χ1n) is 4.24. The smallest absolute Gasteiger partial charge is 0.185 e. The van der Waals surface area contributed by atoms with E-state index < -0.39 is 0 Å². The highest BCUT2D eigenvalue weighted by Gasteiger charge is 2.42. The van der Waals surface area contributed by atoms with Crippen LogP contribution in [0.5, 0.6) is 0 Å². The molecular weight excluding hydrogens is 162 g/mol. The Labute approximate surface area is 77.0 Å². The van der Waals surface area contributed by atoms with Crippen LogP contribution >= 0.6 is 0 Å². The van der Waals surface area contributed by atoms with Crippen molar-refractivity contribution in [3.63, 3.8) is 0 Å². The van der Waals surface area contributed by atoms with E-state index in [1.165, 1.54) is 0 Å². The molecular formula is C11H9NO. The Hall–Kier alpha value is -1.62. The summed E-state index contributed by atoms with van der Waals surface area (Å²) in [4.78, 5) is 15.6. The summed E-state index contributed by atoms with van der Waals surface area (Å²) < 4.78 is 0. The van der Waals surface area contributed by atoms with Crippen LogP contribution < -0.4 is 0 Å². The van der Waals surface area contributed by atoms with E-state index in [-0.39, 0.29) is 17.6 Å². The van der Waals surface area contributed by atoms with Crippen LogP contribution in [-0.4, -0.2) is 10.8 Å². The van der Waals surface area contributed by atoms with Gasteiger partial charge in [0.25, 0.3) is 0 Å². The topological polar surface area (TPSA) is 30.0 Å². The van der Waals surface area contributed by atoms with Crippen molar-refractivity contribution >= 4 is 5.78 Å². The minimum atomic E-state index is 0.0277. The first-order chi connectivity index (χ1) is 6.33. The number of carbonyl (C=O) groups excluding carboxylic acids is 1. The van der Waals surface area contributed by atoms with Crippen molar-refractivity contribution in [1.82, 2.24) is 4.98 Å². The maximum Gasteiger partial charge on any atom is 0.185 e. The van der Waals surface area contributed by atoms with E-state index in [4.69, 9.17) is 6.42 Å². The molecule has 2 nitrogen and oxygen atoms in total. The van der Waals surface area contributed by atoms with Gasteiger partial charge in [0.1, 0.15) is 5.69 Å². The summed E-state index contributed by atoms with van der Waals surface area (Å²) in [5.41, 5.74) is 0.533. The number of nitrogens with zero attached hydrogens (tertiary/aromatic N) is 1. The number of aromatic nitrogens is 1. The second-order valence-corrected chi connectivity index (χ2v) is 3.19. The molecule has 0 N–H and O–H groups in total. The van der Waals surface area contributed by atoms with Gasteiger partial charge in [-0.15, -0.1) is 12.3 Å². The first-order valence-corrected chi connectivity index (χ1v) is 4.24. The maximum atomic E-state index is 11.6. The van der Waals surface area contributed by atoms with Crippen molar-refractivity contribution < 1.29 is 4.79 Å². The number of terminal acetylenes is 1. The largest absolute Gasteiger partial charge is 0.292 e. The Bertz CT molecular complexity index is 363. The van der Waals surface area contributed by atoms with Crippen LogP contribution in [0.25, 0.3) is 0 Å². The highest BCUT2D eigenvalue weighted by Crippen LogP contribution is 2.39. The third-order valence-electron chi connectivity index (χ3n) is 2.26. The highest BCUT2D eigenvalue weighted by atomic mass is 16.1. The normalized spacial score (nSPS) is 24.8. The first kappa shape index (κ1) is 8.00. The molecule has 0 bridgehead atoms. The molecule has 2 atom stereocenters. The monoisotopic (exact) mass is 171 g/mol. The van der Waals surface area contributed by atoms with E-state index in [1.54, 1.807) is 18.3 Å². The molecule has 1 saturated carbocycles. The molecule has 1 aliphatic carbocycles. The summed E-state index contributed by atoms with van der Waals surface area (Å²) in [5, 5.41) is 0. The fourth-order valence-corrected chi connectivity index (χ4v) is 1.37. The number of Topliss-reactive ketones (excluding diaryl/α,β-unsaturated/α-hetero) is 1. The second kappa shape index (κ2) is 3.02. The Morgan fingerprint density at radius 3 is 3.00 bits per heavy atom. The van der Waals surface area contributed by atoms with Crippen molar-refractivity contribution in [3.8, 4) is 12.3 Å². The number of hydrogen-bond donors (Lipinski definition) is 0. The highest BCUT2D eigenvalue weighted by molar-refractivity contribution is 5.98. The Morgan fingerprint density at radius 1 is 1.62 bits per heavy atom. The molecule has 0 amide bonds. The average Bonchev–Trinajstić information content (AvgIpc) is 2.97. The van der Waals surface area contributed by atoms with Crippen molar-refractivity contribution in [2.45, 2.75) is 6.42 Å². The Kier molecular flexibility index (Phi) is 1.86. The summed E-state index contributed by atoms with van der Waals surface area (Å²) in [6, 6.07) is 5.34.